The first-order chi connectivity index (χ1) is 14.5. The molecule has 1 saturated heterocycles. The Hall–Kier alpha value is -3.15. The fourth-order valence-electron chi connectivity index (χ4n) is 3.55. The molecular weight excluding hydrogens is 412 g/mol. The van der Waals surface area contributed by atoms with Gasteiger partial charge in [-0.05, 0) is 31.4 Å². The van der Waals surface area contributed by atoms with Crippen molar-refractivity contribution in [3.63, 3.8) is 0 Å². The number of anilines is 1. The summed E-state index contributed by atoms with van der Waals surface area (Å²) in [6.45, 7) is 4.65. The summed E-state index contributed by atoms with van der Waals surface area (Å²) in [6.07, 6.45) is -5.73. The zero-order chi connectivity index (χ0) is 22.9. The minimum atomic E-state index is -1.43. The molecule has 1 aromatic carbocycles. The van der Waals surface area contributed by atoms with Gasteiger partial charge in [0.05, 0.1) is 11.0 Å². The van der Waals surface area contributed by atoms with E-state index >= 15 is 0 Å². The highest BCUT2D eigenvalue weighted by atomic mass is 16.7. The standard InChI is InChI=1S/C20H24N2O9/c1-9(23)22-13-7-10-5-6-11(8-12(10)17(25)29-13)28-18-14(24)15(30-19(21)26)16(27-4)20(2,3)31-18/h5-8,14-16,18,24H,1-4H3,(H2,21,26)(H,22,23). The van der Waals surface area contributed by atoms with Gasteiger partial charge in [0, 0.05) is 20.1 Å². The second-order valence-electron chi connectivity index (χ2n) is 7.58. The molecule has 11 heteroatoms. The maximum absolute atomic E-state index is 12.3. The third-order valence-corrected chi connectivity index (χ3v) is 4.81. The molecule has 1 aromatic heterocycles. The van der Waals surface area contributed by atoms with E-state index in [1.54, 1.807) is 26.0 Å². The van der Waals surface area contributed by atoms with Gasteiger partial charge in [-0.3, -0.25) is 10.1 Å². The molecule has 4 N–H and O–H groups in total. The van der Waals surface area contributed by atoms with Crippen LogP contribution in [0.2, 0.25) is 0 Å². The van der Waals surface area contributed by atoms with Crippen molar-refractivity contribution in [3.05, 3.63) is 34.7 Å². The predicted molar refractivity (Wildman–Crippen MR) is 108 cm³/mol. The molecule has 0 bridgehead atoms. The molecule has 2 heterocycles. The first kappa shape index (κ1) is 22.5. The van der Waals surface area contributed by atoms with Crippen LogP contribution in [-0.4, -0.2) is 54.4 Å². The number of amides is 2. The van der Waals surface area contributed by atoms with Gasteiger partial charge in [0.15, 0.2) is 12.2 Å². The SMILES string of the molecule is COC1C(OC(N)=O)C(O)C(Oc2ccc3cc(NC(C)=O)oc(=O)c3c2)OC1(C)C. The van der Waals surface area contributed by atoms with Gasteiger partial charge in [0.25, 0.3) is 0 Å². The molecule has 1 aliphatic rings. The second-order valence-corrected chi connectivity index (χ2v) is 7.58. The fraction of sp³-hybridized carbons (Fsp3) is 0.450. The highest BCUT2D eigenvalue weighted by Gasteiger charge is 2.53. The molecule has 0 spiro atoms. The molecule has 11 nitrogen and oxygen atoms in total. The second kappa shape index (κ2) is 8.53. The zero-order valence-corrected chi connectivity index (χ0v) is 17.4. The number of hydrogen-bond acceptors (Lipinski definition) is 9. The maximum atomic E-state index is 12.3. The minimum Gasteiger partial charge on any atom is -0.462 e. The summed E-state index contributed by atoms with van der Waals surface area (Å²) in [4.78, 5) is 34.8. The Labute approximate surface area is 177 Å². The van der Waals surface area contributed by atoms with Gasteiger partial charge in [0.2, 0.25) is 18.1 Å². The number of primary amides is 1. The van der Waals surface area contributed by atoms with Crippen molar-refractivity contribution in [1.29, 1.82) is 0 Å². The van der Waals surface area contributed by atoms with Gasteiger partial charge < -0.3 is 34.2 Å². The molecule has 3 rings (SSSR count). The Morgan fingerprint density at radius 2 is 1.97 bits per heavy atom. The van der Waals surface area contributed by atoms with Gasteiger partial charge in [0.1, 0.15) is 11.9 Å². The van der Waals surface area contributed by atoms with Crippen LogP contribution in [0.1, 0.15) is 20.8 Å². The van der Waals surface area contributed by atoms with Gasteiger partial charge in [-0.2, -0.15) is 0 Å². The molecule has 0 radical (unpaired) electrons. The fourth-order valence-corrected chi connectivity index (χ4v) is 3.55. The molecule has 0 saturated carbocycles. The normalized spacial score (nSPS) is 25.1. The predicted octanol–water partition coefficient (Wildman–Crippen LogP) is 1.10. The lowest BCUT2D eigenvalue weighted by atomic mass is 9.89. The number of hydrogen-bond donors (Lipinski definition) is 3. The topological polar surface area (TPSA) is 160 Å². The third kappa shape index (κ3) is 4.79. The first-order valence-electron chi connectivity index (χ1n) is 9.38. The van der Waals surface area contributed by atoms with Crippen LogP contribution in [0.15, 0.2) is 33.5 Å². The zero-order valence-electron chi connectivity index (χ0n) is 17.4. The summed E-state index contributed by atoms with van der Waals surface area (Å²) in [5.74, 6) is -0.167. The van der Waals surface area contributed by atoms with Crippen molar-refractivity contribution in [3.8, 4) is 5.75 Å². The van der Waals surface area contributed by atoms with Crippen molar-refractivity contribution in [2.75, 3.05) is 12.4 Å². The van der Waals surface area contributed by atoms with E-state index in [1.165, 1.54) is 26.2 Å². The molecule has 168 valence electrons. The van der Waals surface area contributed by atoms with Crippen LogP contribution >= 0.6 is 0 Å². The molecule has 4 unspecified atom stereocenters. The molecule has 1 aliphatic heterocycles. The lowest BCUT2D eigenvalue weighted by molar-refractivity contribution is -0.304. The van der Waals surface area contributed by atoms with Gasteiger partial charge in [-0.15, -0.1) is 0 Å². The van der Waals surface area contributed by atoms with E-state index in [2.05, 4.69) is 5.32 Å². The number of rotatable bonds is 5. The van der Waals surface area contributed by atoms with Crippen LogP contribution in [0.4, 0.5) is 10.7 Å². The van der Waals surface area contributed by atoms with Crippen molar-refractivity contribution in [2.45, 2.75) is 51.0 Å². The average Bonchev–Trinajstić information content (AvgIpc) is 2.65. The van der Waals surface area contributed by atoms with Crippen molar-refractivity contribution in [2.24, 2.45) is 5.73 Å². The highest BCUT2D eigenvalue weighted by Crippen LogP contribution is 2.34. The summed E-state index contributed by atoms with van der Waals surface area (Å²) in [6, 6.07) is 6.04. The van der Waals surface area contributed by atoms with E-state index in [-0.39, 0.29) is 22.9 Å². The Morgan fingerprint density at radius 1 is 1.26 bits per heavy atom. The Kier molecular flexibility index (Phi) is 6.20. The molecular formula is C20H24N2O9. The van der Waals surface area contributed by atoms with E-state index in [1.807, 2.05) is 0 Å². The quantitative estimate of drug-likeness (QED) is 0.624. The van der Waals surface area contributed by atoms with E-state index in [9.17, 15) is 19.5 Å². The number of fused-ring (bicyclic) bond motifs is 1. The van der Waals surface area contributed by atoms with Gasteiger partial charge in [-0.25, -0.2) is 9.59 Å². The van der Waals surface area contributed by atoms with Crippen LogP contribution in [-0.2, 0) is 19.0 Å². The highest BCUT2D eigenvalue weighted by molar-refractivity contribution is 5.90. The number of nitrogens with two attached hydrogens (primary N) is 1. The molecule has 4 atom stereocenters. The summed E-state index contributed by atoms with van der Waals surface area (Å²) in [5.41, 5.74) is 3.43. The van der Waals surface area contributed by atoms with Crippen LogP contribution in [0.3, 0.4) is 0 Å². The maximum Gasteiger partial charge on any atom is 0.404 e. The minimum absolute atomic E-state index is 0.0171. The molecule has 2 aromatic rings. The van der Waals surface area contributed by atoms with Crippen LogP contribution in [0.5, 0.6) is 5.75 Å². The smallest absolute Gasteiger partial charge is 0.404 e. The van der Waals surface area contributed by atoms with Crippen molar-refractivity contribution < 1.29 is 38.1 Å². The number of methoxy groups -OCH3 is 1. The number of aliphatic hydroxyl groups excluding tert-OH is 1. The Bertz CT molecular complexity index is 1050. The molecule has 2 amide bonds. The number of ether oxygens (including phenoxy) is 4. The van der Waals surface area contributed by atoms with E-state index in [0.29, 0.717) is 5.39 Å². The number of nitrogens with one attached hydrogen (secondary N) is 1. The Balaban J connectivity index is 1.89. The molecule has 31 heavy (non-hydrogen) atoms. The van der Waals surface area contributed by atoms with Crippen molar-refractivity contribution in [1.82, 2.24) is 0 Å². The van der Waals surface area contributed by atoms with Gasteiger partial charge in [-0.1, -0.05) is 6.07 Å². The average molecular weight is 436 g/mol. The van der Waals surface area contributed by atoms with E-state index in [4.69, 9.17) is 29.1 Å². The summed E-state index contributed by atoms with van der Waals surface area (Å²) < 4.78 is 27.1. The first-order valence-corrected chi connectivity index (χ1v) is 9.38. The van der Waals surface area contributed by atoms with Crippen LogP contribution in [0.25, 0.3) is 10.8 Å². The summed E-state index contributed by atoms with van der Waals surface area (Å²) in [7, 11) is 1.39. The number of carbonyl (C=O) groups is 2. The largest absolute Gasteiger partial charge is 0.462 e. The van der Waals surface area contributed by atoms with Crippen LogP contribution in [0, 0.1) is 0 Å². The Morgan fingerprint density at radius 3 is 2.58 bits per heavy atom. The van der Waals surface area contributed by atoms with Crippen LogP contribution < -0.4 is 21.4 Å². The van der Waals surface area contributed by atoms with Gasteiger partial charge >= 0.3 is 11.7 Å². The van der Waals surface area contributed by atoms with Crippen molar-refractivity contribution >= 4 is 28.7 Å². The molecule has 1 fully saturated rings. The number of carbonyl (C=O) groups excluding carboxylic acids is 2. The monoisotopic (exact) mass is 436 g/mol. The summed E-state index contributed by atoms with van der Waals surface area (Å²) >= 11 is 0. The lowest BCUT2D eigenvalue weighted by Crippen LogP contribution is -2.65. The van der Waals surface area contributed by atoms with E-state index < -0.39 is 41.9 Å². The molecule has 0 aliphatic carbocycles. The van der Waals surface area contributed by atoms with E-state index in [0.717, 1.165) is 0 Å². The third-order valence-electron chi connectivity index (χ3n) is 4.81. The number of benzene rings is 1. The lowest BCUT2D eigenvalue weighted by Gasteiger charge is -2.47. The summed E-state index contributed by atoms with van der Waals surface area (Å²) in [5, 5.41) is 13.8. The number of aliphatic hydroxyl groups is 1.